The van der Waals surface area contributed by atoms with Crippen molar-refractivity contribution >= 4 is 28.8 Å². The first-order valence-corrected chi connectivity index (χ1v) is 7.16. The molecule has 0 radical (unpaired) electrons. The Morgan fingerprint density at radius 3 is 2.71 bits per heavy atom. The Kier molecular flexibility index (Phi) is 3.95. The molecule has 124 valence electrons. The maximum atomic E-state index is 11.6. The first-order valence-electron chi connectivity index (χ1n) is 7.16. The van der Waals surface area contributed by atoms with Crippen LogP contribution in [0, 0.1) is 0 Å². The second kappa shape index (κ2) is 6.07. The number of carbonyl (C=O) groups excluding carboxylic acids is 1. The Bertz CT molecular complexity index is 919. The van der Waals surface area contributed by atoms with Crippen molar-refractivity contribution in [2.45, 2.75) is 6.54 Å². The molecule has 0 unspecified atom stereocenters. The number of nitrogen functional groups attached to an aromatic ring is 2. The summed E-state index contributed by atoms with van der Waals surface area (Å²) in [5.74, 6) is 0.611. The van der Waals surface area contributed by atoms with E-state index in [1.54, 1.807) is 19.2 Å². The third-order valence-electron chi connectivity index (χ3n) is 3.70. The summed E-state index contributed by atoms with van der Waals surface area (Å²) >= 11 is 0. The number of nitrogens with zero attached hydrogens (tertiary/aromatic N) is 3. The van der Waals surface area contributed by atoms with E-state index in [2.05, 4.69) is 9.97 Å². The van der Waals surface area contributed by atoms with Crippen molar-refractivity contribution in [3.05, 3.63) is 41.6 Å². The van der Waals surface area contributed by atoms with Gasteiger partial charge in [0.2, 0.25) is 5.95 Å². The second-order valence-corrected chi connectivity index (χ2v) is 5.16. The van der Waals surface area contributed by atoms with Crippen molar-refractivity contribution in [1.82, 2.24) is 14.5 Å². The van der Waals surface area contributed by atoms with Crippen molar-refractivity contribution < 1.29 is 14.3 Å². The Morgan fingerprint density at radius 1 is 1.21 bits per heavy atom. The number of ether oxygens (including phenoxy) is 2. The zero-order chi connectivity index (χ0) is 17.3. The van der Waals surface area contributed by atoms with Crippen LogP contribution in [0.3, 0.4) is 0 Å². The highest BCUT2D eigenvalue weighted by Crippen LogP contribution is 2.25. The second-order valence-electron chi connectivity index (χ2n) is 5.16. The van der Waals surface area contributed by atoms with Crippen molar-refractivity contribution in [1.29, 1.82) is 0 Å². The van der Waals surface area contributed by atoms with Crippen molar-refractivity contribution in [3.8, 4) is 5.75 Å². The molecule has 8 heteroatoms. The van der Waals surface area contributed by atoms with Crippen LogP contribution in [-0.2, 0) is 11.3 Å². The molecule has 0 aliphatic carbocycles. The largest absolute Gasteiger partial charge is 0.496 e. The maximum absolute atomic E-state index is 11.6. The van der Waals surface area contributed by atoms with Gasteiger partial charge in [-0.2, -0.15) is 4.98 Å². The van der Waals surface area contributed by atoms with E-state index >= 15 is 0 Å². The normalized spacial score (nSPS) is 10.8. The number of nitrogens with two attached hydrogens (primary N) is 2. The molecule has 1 aromatic carbocycles. The third-order valence-corrected chi connectivity index (χ3v) is 3.70. The van der Waals surface area contributed by atoms with E-state index in [1.165, 1.54) is 7.11 Å². The SMILES string of the molecule is COC(=O)c1ccc(Cn2ccc3nc(N)nc(N)c32)c(OC)c1. The number of esters is 1. The minimum absolute atomic E-state index is 0.137. The Hall–Kier alpha value is -3.29. The summed E-state index contributed by atoms with van der Waals surface area (Å²) in [5.41, 5.74) is 14.2. The number of hydrogen-bond donors (Lipinski definition) is 2. The smallest absolute Gasteiger partial charge is 0.337 e. The molecule has 2 heterocycles. The fourth-order valence-electron chi connectivity index (χ4n) is 2.59. The Balaban J connectivity index is 2.01. The molecule has 0 aliphatic rings. The van der Waals surface area contributed by atoms with Gasteiger partial charge in [-0.05, 0) is 18.2 Å². The summed E-state index contributed by atoms with van der Waals surface area (Å²) in [6.45, 7) is 0.478. The van der Waals surface area contributed by atoms with Crippen LogP contribution in [-0.4, -0.2) is 34.7 Å². The third kappa shape index (κ3) is 2.69. The van der Waals surface area contributed by atoms with Gasteiger partial charge in [-0.15, -0.1) is 0 Å². The van der Waals surface area contributed by atoms with E-state index in [9.17, 15) is 4.79 Å². The minimum atomic E-state index is -0.417. The zero-order valence-corrected chi connectivity index (χ0v) is 13.3. The number of benzene rings is 1. The topological polar surface area (TPSA) is 118 Å². The number of methoxy groups -OCH3 is 2. The van der Waals surface area contributed by atoms with Crippen LogP contribution in [0.15, 0.2) is 30.5 Å². The quantitative estimate of drug-likeness (QED) is 0.696. The molecule has 3 rings (SSSR count). The highest BCUT2D eigenvalue weighted by atomic mass is 16.5. The molecule has 24 heavy (non-hydrogen) atoms. The van der Waals surface area contributed by atoms with Gasteiger partial charge in [0.25, 0.3) is 0 Å². The lowest BCUT2D eigenvalue weighted by Crippen LogP contribution is -2.07. The van der Waals surface area contributed by atoms with E-state index in [0.717, 1.165) is 5.56 Å². The molecular weight excluding hydrogens is 310 g/mol. The first-order chi connectivity index (χ1) is 11.5. The number of carbonyl (C=O) groups is 1. The summed E-state index contributed by atoms with van der Waals surface area (Å²) < 4.78 is 12.0. The molecule has 0 saturated carbocycles. The number of aromatic nitrogens is 3. The van der Waals surface area contributed by atoms with Crippen LogP contribution >= 0.6 is 0 Å². The number of fused-ring (bicyclic) bond motifs is 1. The van der Waals surface area contributed by atoms with Crippen LogP contribution in [0.1, 0.15) is 15.9 Å². The van der Waals surface area contributed by atoms with E-state index < -0.39 is 5.97 Å². The summed E-state index contributed by atoms with van der Waals surface area (Å²) in [4.78, 5) is 19.8. The van der Waals surface area contributed by atoms with Crippen LogP contribution in [0.2, 0.25) is 0 Å². The van der Waals surface area contributed by atoms with Crippen molar-refractivity contribution in [3.63, 3.8) is 0 Å². The molecule has 0 amide bonds. The van der Waals surface area contributed by atoms with Crippen LogP contribution < -0.4 is 16.2 Å². The Labute approximate surface area is 138 Å². The van der Waals surface area contributed by atoms with Gasteiger partial charge in [0.1, 0.15) is 11.3 Å². The van der Waals surface area contributed by atoms with Gasteiger partial charge in [0.05, 0.1) is 31.8 Å². The molecule has 0 atom stereocenters. The van der Waals surface area contributed by atoms with Crippen LogP contribution in [0.4, 0.5) is 11.8 Å². The lowest BCUT2D eigenvalue weighted by Gasteiger charge is -2.12. The lowest BCUT2D eigenvalue weighted by atomic mass is 10.1. The summed E-state index contributed by atoms with van der Waals surface area (Å²) in [6.07, 6.45) is 1.85. The Morgan fingerprint density at radius 2 is 2.00 bits per heavy atom. The average Bonchev–Trinajstić information content (AvgIpc) is 2.97. The molecule has 0 aliphatic heterocycles. The fraction of sp³-hybridized carbons (Fsp3) is 0.188. The zero-order valence-electron chi connectivity index (χ0n) is 13.3. The molecule has 0 spiro atoms. The maximum Gasteiger partial charge on any atom is 0.337 e. The molecule has 3 aromatic rings. The van der Waals surface area contributed by atoms with Gasteiger partial charge < -0.3 is 25.5 Å². The van der Waals surface area contributed by atoms with Crippen LogP contribution in [0.5, 0.6) is 5.75 Å². The first kappa shape index (κ1) is 15.6. The molecule has 4 N–H and O–H groups in total. The highest BCUT2D eigenvalue weighted by Gasteiger charge is 2.13. The number of rotatable bonds is 4. The van der Waals surface area contributed by atoms with Gasteiger partial charge in [0, 0.05) is 11.8 Å². The summed E-state index contributed by atoms with van der Waals surface area (Å²) in [5, 5.41) is 0. The molecule has 2 aromatic heterocycles. The monoisotopic (exact) mass is 327 g/mol. The predicted octanol–water partition coefficient (Wildman–Crippen LogP) is 1.44. The van der Waals surface area contributed by atoms with Gasteiger partial charge >= 0.3 is 5.97 Å². The average molecular weight is 327 g/mol. The van der Waals surface area contributed by atoms with E-state index in [-0.39, 0.29) is 5.95 Å². The van der Waals surface area contributed by atoms with Crippen LogP contribution in [0.25, 0.3) is 11.0 Å². The summed E-state index contributed by atoms with van der Waals surface area (Å²) in [6, 6.07) is 6.96. The van der Waals surface area contributed by atoms with E-state index in [0.29, 0.717) is 34.7 Å². The molecular formula is C16H17N5O3. The molecule has 0 bridgehead atoms. The molecule has 0 fully saturated rings. The van der Waals surface area contributed by atoms with Gasteiger partial charge in [-0.3, -0.25) is 0 Å². The predicted molar refractivity (Wildman–Crippen MR) is 89.8 cm³/mol. The van der Waals surface area contributed by atoms with Gasteiger partial charge in [0.15, 0.2) is 5.82 Å². The van der Waals surface area contributed by atoms with Gasteiger partial charge in [-0.1, -0.05) is 6.07 Å². The summed E-state index contributed by atoms with van der Waals surface area (Å²) in [7, 11) is 2.88. The van der Waals surface area contributed by atoms with Crippen molar-refractivity contribution in [2.24, 2.45) is 0 Å². The highest BCUT2D eigenvalue weighted by molar-refractivity contribution is 5.90. The minimum Gasteiger partial charge on any atom is -0.496 e. The fourth-order valence-corrected chi connectivity index (χ4v) is 2.59. The number of anilines is 2. The van der Waals surface area contributed by atoms with E-state index in [4.69, 9.17) is 20.9 Å². The van der Waals surface area contributed by atoms with Crippen molar-refractivity contribution in [2.75, 3.05) is 25.7 Å². The van der Waals surface area contributed by atoms with Gasteiger partial charge in [-0.25, -0.2) is 9.78 Å². The standard InChI is InChI=1S/C16H17N5O3/c1-23-12-7-9(15(22)24-2)3-4-10(12)8-21-6-5-11-13(21)14(17)20-16(18)19-11/h3-7H,8H2,1-2H3,(H4,17,18,19,20). The van der Waals surface area contributed by atoms with E-state index in [1.807, 2.05) is 22.9 Å². The molecule has 8 nitrogen and oxygen atoms in total. The molecule has 0 saturated heterocycles. The lowest BCUT2D eigenvalue weighted by molar-refractivity contribution is 0.0600. The number of hydrogen-bond acceptors (Lipinski definition) is 7.